The van der Waals surface area contributed by atoms with E-state index in [2.05, 4.69) is 40.1 Å². The summed E-state index contributed by atoms with van der Waals surface area (Å²) in [7, 11) is 0. The molecule has 1 heterocycles. The van der Waals surface area contributed by atoms with Crippen LogP contribution in [0, 0.1) is 17.2 Å². The number of rotatable bonds is 5. The van der Waals surface area contributed by atoms with Gasteiger partial charge < -0.3 is 4.90 Å². The molecule has 1 atom stereocenters. The maximum atomic E-state index is 9.66. The lowest BCUT2D eigenvalue weighted by molar-refractivity contribution is 0.167. The molecule has 21 heavy (non-hydrogen) atoms. The Balaban J connectivity index is 1.95. The van der Waals surface area contributed by atoms with Crippen LogP contribution in [0.25, 0.3) is 10.4 Å². The summed E-state index contributed by atoms with van der Waals surface area (Å²) in [5.74, 6) is 0.354. The molecule has 1 aromatic carbocycles. The number of hydrogen-bond donors (Lipinski definition) is 0. The van der Waals surface area contributed by atoms with Gasteiger partial charge in [0.15, 0.2) is 0 Å². The quantitative estimate of drug-likeness (QED) is 0.471. The van der Waals surface area contributed by atoms with Gasteiger partial charge in [0.1, 0.15) is 0 Å². The van der Waals surface area contributed by atoms with E-state index in [0.29, 0.717) is 12.5 Å². The van der Waals surface area contributed by atoms with E-state index in [1.54, 1.807) is 0 Å². The summed E-state index contributed by atoms with van der Waals surface area (Å²) in [5.41, 5.74) is 9.15. The molecule has 0 aliphatic carbocycles. The molecule has 0 unspecified atom stereocenters. The lowest BCUT2D eigenvalue weighted by atomic mass is 9.74. The molecule has 0 N–H and O–H groups in total. The average molecular weight is 283 g/mol. The number of likely N-dealkylation sites (tertiary alicyclic amines) is 1. The van der Waals surface area contributed by atoms with Crippen LogP contribution in [-0.4, -0.2) is 31.1 Å². The summed E-state index contributed by atoms with van der Waals surface area (Å²) >= 11 is 0. The van der Waals surface area contributed by atoms with Crippen molar-refractivity contribution in [2.24, 2.45) is 11.0 Å². The van der Waals surface area contributed by atoms with Crippen molar-refractivity contribution in [2.45, 2.75) is 25.2 Å². The highest BCUT2D eigenvalue weighted by Crippen LogP contribution is 2.34. The monoisotopic (exact) mass is 283 g/mol. The Morgan fingerprint density at radius 1 is 1.38 bits per heavy atom. The largest absolute Gasteiger partial charge is 0.303 e. The fraction of sp³-hybridized carbons (Fsp3) is 0.562. The summed E-state index contributed by atoms with van der Waals surface area (Å²) in [4.78, 5) is 5.18. The van der Waals surface area contributed by atoms with E-state index in [0.717, 1.165) is 38.0 Å². The van der Waals surface area contributed by atoms with Crippen molar-refractivity contribution in [1.82, 2.24) is 4.90 Å². The maximum Gasteiger partial charge on any atom is 0.0846 e. The van der Waals surface area contributed by atoms with E-state index in [1.807, 2.05) is 18.2 Å². The van der Waals surface area contributed by atoms with Crippen molar-refractivity contribution >= 4 is 0 Å². The number of nitriles is 1. The predicted molar refractivity (Wildman–Crippen MR) is 82.6 cm³/mol. The van der Waals surface area contributed by atoms with Gasteiger partial charge in [0, 0.05) is 18.0 Å². The molecule has 0 radical (unpaired) electrons. The number of benzene rings is 1. The fourth-order valence-electron chi connectivity index (χ4n) is 3.01. The van der Waals surface area contributed by atoms with Gasteiger partial charge in [-0.2, -0.15) is 5.26 Å². The van der Waals surface area contributed by atoms with E-state index >= 15 is 0 Å². The Morgan fingerprint density at radius 3 is 2.62 bits per heavy atom. The van der Waals surface area contributed by atoms with Crippen molar-refractivity contribution in [3.63, 3.8) is 0 Å². The Morgan fingerprint density at radius 2 is 2.05 bits per heavy atom. The molecule has 0 bridgehead atoms. The van der Waals surface area contributed by atoms with Crippen LogP contribution in [0.2, 0.25) is 0 Å². The predicted octanol–water partition coefficient (Wildman–Crippen LogP) is 3.49. The van der Waals surface area contributed by atoms with E-state index in [4.69, 9.17) is 5.53 Å². The highest BCUT2D eigenvalue weighted by molar-refractivity contribution is 5.33. The molecule has 1 aliphatic heterocycles. The molecule has 110 valence electrons. The number of azide groups is 1. The van der Waals surface area contributed by atoms with Gasteiger partial charge in [-0.1, -0.05) is 42.4 Å². The van der Waals surface area contributed by atoms with Crippen LogP contribution in [-0.2, 0) is 5.41 Å². The third-order valence-corrected chi connectivity index (χ3v) is 4.28. The zero-order valence-corrected chi connectivity index (χ0v) is 12.4. The van der Waals surface area contributed by atoms with Crippen LogP contribution in [0.1, 0.15) is 25.3 Å². The molecule has 2 rings (SSSR count). The highest BCUT2D eigenvalue weighted by Gasteiger charge is 2.36. The second-order valence-electron chi connectivity index (χ2n) is 5.88. The molecular weight excluding hydrogens is 262 g/mol. The molecule has 1 fully saturated rings. The van der Waals surface area contributed by atoms with E-state index in [-0.39, 0.29) is 5.41 Å². The number of nitrogens with zero attached hydrogens (tertiary/aromatic N) is 5. The Bertz CT molecular complexity index is 534. The SMILES string of the molecule is C[C@H](CN=[N+]=[N-])CN1CCC(C#N)(c2ccccc2)CC1. The minimum absolute atomic E-state index is 0.341. The topological polar surface area (TPSA) is 75.8 Å². The lowest BCUT2D eigenvalue weighted by Gasteiger charge is -2.38. The Labute approximate surface area is 125 Å². The van der Waals surface area contributed by atoms with Gasteiger partial charge >= 0.3 is 0 Å². The van der Waals surface area contributed by atoms with Gasteiger partial charge in [-0.25, -0.2) is 0 Å². The minimum Gasteiger partial charge on any atom is -0.303 e. The van der Waals surface area contributed by atoms with Crippen molar-refractivity contribution in [3.05, 3.63) is 46.3 Å². The van der Waals surface area contributed by atoms with Gasteiger partial charge in [-0.15, -0.1) is 0 Å². The molecule has 1 saturated heterocycles. The molecule has 1 aliphatic rings. The first-order valence-corrected chi connectivity index (χ1v) is 7.40. The zero-order valence-electron chi connectivity index (χ0n) is 12.4. The molecule has 0 aromatic heterocycles. The van der Waals surface area contributed by atoms with Gasteiger partial charge in [0.25, 0.3) is 0 Å². The lowest BCUT2D eigenvalue weighted by Crippen LogP contribution is -2.43. The van der Waals surface area contributed by atoms with Gasteiger partial charge in [-0.3, -0.25) is 0 Å². The second-order valence-corrected chi connectivity index (χ2v) is 5.88. The molecule has 0 spiro atoms. The standard InChI is InChI=1S/C16H21N5/c1-14(11-19-20-18)12-21-9-7-16(13-17,8-10-21)15-5-3-2-4-6-15/h2-6,14H,7-12H2,1H3/t14-/m1/s1. The van der Waals surface area contributed by atoms with Crippen LogP contribution >= 0.6 is 0 Å². The summed E-state index contributed by atoms with van der Waals surface area (Å²) in [5, 5.41) is 13.3. The normalized spacial score (nSPS) is 19.2. The van der Waals surface area contributed by atoms with Crippen molar-refractivity contribution in [1.29, 1.82) is 5.26 Å². The summed E-state index contributed by atoms with van der Waals surface area (Å²) < 4.78 is 0. The zero-order chi connectivity index (χ0) is 15.1. The molecule has 5 nitrogen and oxygen atoms in total. The highest BCUT2D eigenvalue weighted by atomic mass is 15.2. The molecular formula is C16H21N5. The average Bonchev–Trinajstić information content (AvgIpc) is 2.55. The van der Waals surface area contributed by atoms with Crippen molar-refractivity contribution < 1.29 is 0 Å². The van der Waals surface area contributed by atoms with Gasteiger partial charge in [-0.05, 0) is 42.9 Å². The van der Waals surface area contributed by atoms with Crippen LogP contribution in [0.3, 0.4) is 0 Å². The molecule has 5 heteroatoms. The number of piperidine rings is 1. The van der Waals surface area contributed by atoms with E-state index in [9.17, 15) is 5.26 Å². The van der Waals surface area contributed by atoms with Crippen LogP contribution < -0.4 is 0 Å². The number of hydrogen-bond acceptors (Lipinski definition) is 3. The van der Waals surface area contributed by atoms with Gasteiger partial charge in [0.05, 0.1) is 11.5 Å². The smallest absolute Gasteiger partial charge is 0.0846 e. The first-order valence-electron chi connectivity index (χ1n) is 7.40. The Kier molecular flexibility index (Phi) is 5.21. The summed E-state index contributed by atoms with van der Waals surface area (Å²) in [6.45, 7) is 5.40. The van der Waals surface area contributed by atoms with E-state index < -0.39 is 0 Å². The second kappa shape index (κ2) is 7.12. The molecule has 1 aromatic rings. The maximum absolute atomic E-state index is 9.66. The first-order chi connectivity index (χ1) is 10.2. The van der Waals surface area contributed by atoms with Crippen molar-refractivity contribution in [2.75, 3.05) is 26.2 Å². The fourth-order valence-corrected chi connectivity index (χ4v) is 3.01. The van der Waals surface area contributed by atoms with Crippen LogP contribution in [0.15, 0.2) is 35.4 Å². The van der Waals surface area contributed by atoms with E-state index in [1.165, 1.54) is 0 Å². The van der Waals surface area contributed by atoms with Crippen LogP contribution in [0.5, 0.6) is 0 Å². The van der Waals surface area contributed by atoms with Crippen LogP contribution in [0.4, 0.5) is 0 Å². The molecule has 0 saturated carbocycles. The summed E-state index contributed by atoms with van der Waals surface area (Å²) in [6.07, 6.45) is 1.73. The Hall–Kier alpha value is -2.02. The third-order valence-electron chi connectivity index (χ3n) is 4.28. The third kappa shape index (κ3) is 3.75. The first kappa shape index (κ1) is 15.4. The summed E-state index contributed by atoms with van der Waals surface area (Å²) in [6, 6.07) is 12.7. The minimum atomic E-state index is -0.341. The molecule has 0 amide bonds. The van der Waals surface area contributed by atoms with Gasteiger partial charge in [0.2, 0.25) is 0 Å². The van der Waals surface area contributed by atoms with Crippen molar-refractivity contribution in [3.8, 4) is 6.07 Å².